The van der Waals surface area contributed by atoms with E-state index in [1.54, 1.807) is 0 Å². The molecule has 1 aromatic rings. The maximum absolute atomic E-state index is 11.7. The molecule has 0 aromatic heterocycles. The van der Waals surface area contributed by atoms with Crippen LogP contribution in [-0.2, 0) is 28.5 Å². The highest BCUT2D eigenvalue weighted by molar-refractivity contribution is 7.95. The molecular formula is C10H10O8S2. The molecule has 1 aromatic carbocycles. The van der Waals surface area contributed by atoms with E-state index >= 15 is 0 Å². The van der Waals surface area contributed by atoms with Crippen LogP contribution in [0.3, 0.4) is 0 Å². The van der Waals surface area contributed by atoms with Gasteiger partial charge in [0.2, 0.25) is 0 Å². The summed E-state index contributed by atoms with van der Waals surface area (Å²) in [5, 5.41) is 16.5. The first-order chi connectivity index (χ1) is 9.35. The monoisotopic (exact) mass is 322 g/mol. The molecule has 0 aliphatic heterocycles. The van der Waals surface area contributed by atoms with Gasteiger partial charge in [-0.15, -0.1) is 0 Å². The zero-order valence-corrected chi connectivity index (χ0v) is 11.5. The zero-order chi connectivity index (χ0) is 15.2. The molecule has 0 aliphatic rings. The molecule has 10 heteroatoms. The van der Waals surface area contributed by atoms with Crippen molar-refractivity contribution in [2.45, 2.75) is 9.79 Å². The van der Waals surface area contributed by atoms with Crippen LogP contribution in [0.4, 0.5) is 0 Å². The van der Waals surface area contributed by atoms with E-state index in [0.717, 1.165) is 0 Å². The number of hydrogen-bond donors (Lipinski definition) is 2. The molecule has 0 amide bonds. The quantitative estimate of drug-likeness (QED) is 0.421. The summed E-state index contributed by atoms with van der Waals surface area (Å²) in [6.07, 6.45) is 0. The number of carbonyl (C=O) groups is 2. The minimum absolute atomic E-state index is 0.195. The van der Waals surface area contributed by atoms with Gasteiger partial charge in [0.1, 0.15) is 0 Å². The van der Waals surface area contributed by atoms with Crippen molar-refractivity contribution >= 4 is 33.8 Å². The molecule has 0 aliphatic carbocycles. The Balaban J connectivity index is 2.81. The highest BCUT2D eigenvalue weighted by Gasteiger charge is 2.19. The van der Waals surface area contributed by atoms with Crippen LogP contribution in [0.1, 0.15) is 0 Å². The number of hydrogen-bond acceptors (Lipinski definition) is 8. The summed E-state index contributed by atoms with van der Waals surface area (Å²) in [6, 6.07) is 5.27. The molecule has 0 unspecified atom stereocenters. The average Bonchev–Trinajstić information content (AvgIpc) is 2.36. The van der Waals surface area contributed by atoms with Crippen LogP contribution in [0, 0.1) is 0 Å². The molecule has 0 bridgehead atoms. The van der Waals surface area contributed by atoms with Crippen LogP contribution in [0.25, 0.3) is 0 Å². The maximum Gasteiger partial charge on any atom is 0.347 e. The van der Waals surface area contributed by atoms with Crippen LogP contribution in [0.2, 0.25) is 0 Å². The van der Waals surface area contributed by atoms with E-state index in [1.165, 1.54) is 24.3 Å². The number of benzene rings is 1. The van der Waals surface area contributed by atoms with Crippen LogP contribution in [-0.4, -0.2) is 43.1 Å². The fraction of sp³-hybridized carbons (Fsp3) is 0.200. The van der Waals surface area contributed by atoms with Crippen molar-refractivity contribution in [3.05, 3.63) is 24.3 Å². The molecule has 2 N–H and O–H groups in total. The zero-order valence-electron chi connectivity index (χ0n) is 9.88. The smallest absolute Gasteiger partial charge is 0.347 e. The van der Waals surface area contributed by atoms with Gasteiger partial charge in [-0.3, -0.25) is 10.1 Å². The Kier molecular flexibility index (Phi) is 5.95. The lowest BCUT2D eigenvalue weighted by Crippen LogP contribution is -2.15. The molecule has 0 spiro atoms. The molecule has 0 radical (unpaired) electrons. The summed E-state index contributed by atoms with van der Waals surface area (Å²) in [7, 11) is -3.95. The molecule has 0 atom stereocenters. The predicted molar refractivity (Wildman–Crippen MR) is 66.7 cm³/mol. The second-order valence-electron chi connectivity index (χ2n) is 3.44. The van der Waals surface area contributed by atoms with E-state index < -0.39 is 34.1 Å². The molecular weight excluding hydrogens is 312 g/mol. The largest absolute Gasteiger partial charge is 0.480 e. The van der Waals surface area contributed by atoms with E-state index in [2.05, 4.69) is 9.07 Å². The molecule has 0 saturated carbocycles. The first-order valence-electron chi connectivity index (χ1n) is 5.03. The summed E-state index contributed by atoms with van der Waals surface area (Å²) >= 11 is 0.565. The fourth-order valence-electron chi connectivity index (χ4n) is 1.14. The lowest BCUT2D eigenvalue weighted by molar-refractivity contribution is -0.242. The van der Waals surface area contributed by atoms with Crippen LogP contribution in [0.5, 0.6) is 0 Å². The summed E-state index contributed by atoms with van der Waals surface area (Å²) in [4.78, 5) is 25.0. The Morgan fingerprint density at radius 1 is 1.30 bits per heavy atom. The Hall–Kier alpha value is -1.62. The lowest BCUT2D eigenvalue weighted by Gasteiger charge is -2.05. The van der Waals surface area contributed by atoms with Gasteiger partial charge in [-0.1, -0.05) is 6.07 Å². The first-order valence-corrected chi connectivity index (χ1v) is 7.43. The molecule has 0 saturated heterocycles. The van der Waals surface area contributed by atoms with Crippen LogP contribution in [0.15, 0.2) is 34.1 Å². The number of aliphatic carboxylic acids is 1. The van der Waals surface area contributed by atoms with Gasteiger partial charge < -0.3 is 9.29 Å². The van der Waals surface area contributed by atoms with Crippen LogP contribution >= 0.6 is 12.0 Å². The van der Waals surface area contributed by atoms with Crippen molar-refractivity contribution in [2.75, 3.05) is 12.4 Å². The third kappa shape index (κ3) is 5.17. The fourth-order valence-corrected chi connectivity index (χ4v) is 2.84. The van der Waals surface area contributed by atoms with Gasteiger partial charge in [0, 0.05) is 4.90 Å². The second-order valence-corrected chi connectivity index (χ2v) is 6.23. The van der Waals surface area contributed by atoms with Crippen molar-refractivity contribution in [3.63, 3.8) is 0 Å². The summed E-state index contributed by atoms with van der Waals surface area (Å²) in [5.41, 5.74) is 0. The van der Waals surface area contributed by atoms with Crippen molar-refractivity contribution in [3.8, 4) is 0 Å². The number of rotatable bonds is 7. The van der Waals surface area contributed by atoms with Gasteiger partial charge in [0.25, 0.3) is 0 Å². The second kappa shape index (κ2) is 7.24. The topological polar surface area (TPSA) is 127 Å². The van der Waals surface area contributed by atoms with E-state index in [4.69, 9.17) is 10.4 Å². The molecule has 8 nitrogen and oxygen atoms in total. The highest BCUT2D eigenvalue weighted by Crippen LogP contribution is 2.23. The average molecular weight is 322 g/mol. The van der Waals surface area contributed by atoms with Crippen molar-refractivity contribution in [1.82, 2.24) is 0 Å². The van der Waals surface area contributed by atoms with E-state index in [0.29, 0.717) is 12.0 Å². The summed E-state index contributed by atoms with van der Waals surface area (Å²) in [5.74, 6) is -3.36. The van der Waals surface area contributed by atoms with Gasteiger partial charge in [-0.2, -0.15) is 0 Å². The van der Waals surface area contributed by atoms with Gasteiger partial charge in [0.15, 0.2) is 22.2 Å². The number of sulfone groups is 1. The van der Waals surface area contributed by atoms with Crippen molar-refractivity contribution in [2.24, 2.45) is 0 Å². The SMILES string of the molecule is O=C(O)CS(=O)(=O)c1cccc(SOC(=O)COO)c1. The minimum atomic E-state index is -3.95. The van der Waals surface area contributed by atoms with Gasteiger partial charge in [-0.05, 0) is 18.2 Å². The van der Waals surface area contributed by atoms with E-state index in [-0.39, 0.29) is 9.79 Å². The molecule has 110 valence electrons. The maximum atomic E-state index is 11.7. The Morgan fingerprint density at radius 2 is 2.00 bits per heavy atom. The standard InChI is InChI=1S/C10H10O8S2/c11-9(12)6-20(15,16)8-3-1-2-7(4-8)19-18-10(13)5-17-14/h1-4,14H,5-6H2,(H,11,12). The number of carbonyl (C=O) groups excluding carboxylic acids is 1. The van der Waals surface area contributed by atoms with Gasteiger partial charge in [0.05, 0.1) is 16.9 Å². The molecule has 0 heterocycles. The predicted octanol–water partition coefficient (Wildman–Crippen LogP) is 0.585. The molecule has 0 fully saturated rings. The summed E-state index contributed by atoms with van der Waals surface area (Å²) < 4.78 is 28.0. The van der Waals surface area contributed by atoms with Gasteiger partial charge >= 0.3 is 11.9 Å². The first kappa shape index (κ1) is 16.4. The Morgan fingerprint density at radius 3 is 2.60 bits per heavy atom. The normalized spacial score (nSPS) is 11.1. The molecule has 20 heavy (non-hydrogen) atoms. The third-order valence-electron chi connectivity index (χ3n) is 1.89. The summed E-state index contributed by atoms with van der Waals surface area (Å²) in [6.45, 7) is -0.663. The number of carboxylic acid groups (broad SMARTS) is 1. The van der Waals surface area contributed by atoms with Crippen LogP contribution < -0.4 is 0 Å². The van der Waals surface area contributed by atoms with E-state index in [9.17, 15) is 18.0 Å². The highest BCUT2D eigenvalue weighted by atomic mass is 32.2. The van der Waals surface area contributed by atoms with Crippen molar-refractivity contribution in [1.29, 1.82) is 0 Å². The number of carboxylic acids is 1. The van der Waals surface area contributed by atoms with Crippen molar-refractivity contribution < 1.29 is 37.4 Å². The van der Waals surface area contributed by atoms with E-state index in [1.807, 2.05) is 0 Å². The third-order valence-corrected chi connectivity index (χ3v) is 4.21. The van der Waals surface area contributed by atoms with Gasteiger partial charge in [-0.25, -0.2) is 18.1 Å². The minimum Gasteiger partial charge on any atom is -0.480 e. The Labute approximate surface area is 118 Å². The Bertz CT molecular complexity index is 595. The molecule has 1 rings (SSSR count). The lowest BCUT2D eigenvalue weighted by atomic mass is 10.4.